The average Bonchev–Trinajstić information content (AvgIpc) is 2.88. The first-order valence-corrected chi connectivity index (χ1v) is 17.4. The van der Waals surface area contributed by atoms with E-state index in [0.29, 0.717) is 0 Å². The molecule has 39 heavy (non-hydrogen) atoms. The summed E-state index contributed by atoms with van der Waals surface area (Å²) in [6.45, 7) is 2.00. The van der Waals surface area contributed by atoms with Crippen LogP contribution in [0.1, 0.15) is 5.56 Å². The van der Waals surface area contributed by atoms with Gasteiger partial charge in [0.25, 0.3) is 0 Å². The van der Waals surface area contributed by atoms with Gasteiger partial charge in [-0.25, -0.2) is 0 Å². The van der Waals surface area contributed by atoms with Crippen molar-refractivity contribution in [3.05, 3.63) is 135 Å². The summed E-state index contributed by atoms with van der Waals surface area (Å²) in [5.74, 6) is -0.831. The van der Waals surface area contributed by atoms with Gasteiger partial charge in [0, 0.05) is 0 Å². The molecule has 0 spiro atoms. The fraction of sp³-hybridized carbons (Fsp3) is 0.0741. The van der Waals surface area contributed by atoms with Crippen LogP contribution in [0.2, 0.25) is 0 Å². The smallest absolute Gasteiger partial charge is 0.418 e. The van der Waals surface area contributed by atoms with Crippen molar-refractivity contribution in [2.45, 2.75) is 10.7 Å². The zero-order valence-electron chi connectivity index (χ0n) is 20.3. The zero-order valence-corrected chi connectivity index (χ0v) is 26.8. The Balaban J connectivity index is 0.000000250. The Morgan fingerprint density at radius 1 is 0.692 bits per heavy atom. The van der Waals surface area contributed by atoms with E-state index in [2.05, 4.69) is 60.7 Å². The molecular formula is C27H22BCl3F4I2O2. The third kappa shape index (κ3) is 14.6. The molecule has 0 bridgehead atoms. The van der Waals surface area contributed by atoms with Crippen molar-refractivity contribution >= 4 is 68.3 Å². The van der Waals surface area contributed by atoms with Crippen molar-refractivity contribution in [1.82, 2.24) is 0 Å². The van der Waals surface area contributed by atoms with E-state index in [0.717, 1.165) is 12.7 Å². The molecule has 208 valence electrons. The second kappa shape index (κ2) is 16.7. The third-order valence-corrected chi connectivity index (χ3v) is 11.9. The van der Waals surface area contributed by atoms with Crippen molar-refractivity contribution in [2.24, 2.45) is 0 Å². The molecule has 0 atom stereocenters. The molecule has 0 aliphatic rings. The van der Waals surface area contributed by atoms with E-state index in [1.54, 1.807) is 0 Å². The Morgan fingerprint density at radius 2 is 1.05 bits per heavy atom. The van der Waals surface area contributed by atoms with Crippen LogP contribution in [0, 0.1) is 21.2 Å². The molecule has 0 radical (unpaired) electrons. The molecule has 0 heterocycles. The number of aryl methyl sites for hydroxylation is 1. The molecule has 0 aliphatic carbocycles. The fourth-order valence-corrected chi connectivity index (χ4v) is 9.40. The maximum absolute atomic E-state index is 11.9. The van der Waals surface area contributed by atoms with Crippen molar-refractivity contribution in [1.29, 1.82) is 0 Å². The van der Waals surface area contributed by atoms with E-state index in [-0.39, 0.29) is 21.2 Å². The summed E-state index contributed by atoms with van der Waals surface area (Å²) in [5, 5.41) is 0. The van der Waals surface area contributed by atoms with Gasteiger partial charge in [-0.05, 0) is 24.3 Å². The van der Waals surface area contributed by atoms with Gasteiger partial charge < -0.3 is 17.3 Å². The number of carbonyl (C=O) groups excluding carboxylic acids is 1. The van der Waals surface area contributed by atoms with Crippen LogP contribution in [0.15, 0.2) is 115 Å². The summed E-state index contributed by atoms with van der Waals surface area (Å²) < 4.78 is 47.4. The van der Waals surface area contributed by atoms with Crippen LogP contribution >= 0.6 is 55.0 Å². The minimum absolute atomic E-state index is 0.0287. The number of rotatable bonds is 5. The molecule has 0 aliphatic heterocycles. The maximum atomic E-state index is 11.9. The normalized spacial score (nSPS) is 11.2. The van der Waals surface area contributed by atoms with Crippen LogP contribution in [0.4, 0.5) is 17.3 Å². The summed E-state index contributed by atoms with van der Waals surface area (Å²) in [5.41, 5.74) is 1.13. The largest absolute Gasteiger partial charge is 0.673 e. The van der Waals surface area contributed by atoms with Gasteiger partial charge in [-0.1, -0.05) is 36.4 Å². The van der Waals surface area contributed by atoms with E-state index in [4.69, 9.17) is 37.9 Å². The Bertz CT molecular complexity index is 1220. The number of hydrogen-bond donors (Lipinski definition) is 0. The average molecular weight is 825 g/mol. The quantitative estimate of drug-likeness (QED) is 0.0998. The van der Waals surface area contributed by atoms with E-state index in [1.165, 1.54) is 7.14 Å². The third-order valence-electron chi connectivity index (χ3n) is 4.20. The molecule has 4 rings (SSSR count). The van der Waals surface area contributed by atoms with Gasteiger partial charge in [-0.3, -0.25) is 0 Å². The number of halogens is 9. The molecule has 0 N–H and O–H groups in total. The Kier molecular flexibility index (Phi) is 14.4. The van der Waals surface area contributed by atoms with E-state index in [1.807, 2.05) is 61.5 Å². The van der Waals surface area contributed by atoms with Gasteiger partial charge in [-0.2, -0.15) is 0 Å². The minimum Gasteiger partial charge on any atom is -0.418 e. The van der Waals surface area contributed by atoms with Crippen LogP contribution in [-0.2, 0) is 7.86 Å². The standard InChI is InChI=1S/C15H12Cl3IO2.C12H10I.BF4/c1-11-7-9-13(10-8-11)19(12-5-3-2-4-6-12)21-14(20)15(16,17)18;1-3-7-11(8-4-1)13-12-9-5-2-6-10-12;2-1(3,4)5/h2-10H,1H3;1-10H;/q;+1;-1. The first kappa shape index (κ1) is 33.7. The van der Waals surface area contributed by atoms with E-state index < -0.39 is 37.3 Å². The number of carbonyl (C=O) groups is 1. The Labute approximate surface area is 258 Å². The molecule has 0 unspecified atom stereocenters. The predicted octanol–water partition coefficient (Wildman–Crippen LogP) is 6.48. The summed E-state index contributed by atoms with van der Waals surface area (Å²) in [4.78, 5) is 11.9. The molecule has 0 amide bonds. The first-order chi connectivity index (χ1) is 18.3. The van der Waals surface area contributed by atoms with Gasteiger partial charge >= 0.3 is 175 Å². The fourth-order valence-electron chi connectivity index (χ4n) is 2.59. The molecule has 0 saturated carbocycles. The molecule has 0 fully saturated rings. The molecule has 4 aromatic carbocycles. The number of benzene rings is 4. The van der Waals surface area contributed by atoms with Gasteiger partial charge in [-0.15, -0.1) is 0 Å². The number of hydrogen-bond acceptors (Lipinski definition) is 2. The molecule has 4 aromatic rings. The van der Waals surface area contributed by atoms with Crippen molar-refractivity contribution in [3.8, 4) is 0 Å². The van der Waals surface area contributed by atoms with Gasteiger partial charge in [0.05, 0.1) is 0 Å². The van der Waals surface area contributed by atoms with Crippen molar-refractivity contribution in [3.63, 3.8) is 0 Å². The van der Waals surface area contributed by atoms with Gasteiger partial charge in [0.15, 0.2) is 7.14 Å². The van der Waals surface area contributed by atoms with Crippen LogP contribution in [0.5, 0.6) is 0 Å². The molecule has 0 saturated heterocycles. The summed E-state index contributed by atoms with van der Waals surface area (Å²) in [6.07, 6.45) is 0. The second-order valence-corrected chi connectivity index (χ2v) is 17.0. The van der Waals surface area contributed by atoms with Crippen molar-refractivity contribution < 1.29 is 46.3 Å². The molecule has 2 nitrogen and oxygen atoms in total. The SMILES string of the molecule is Cc1ccc(I(OC(=O)C(Cl)(Cl)Cl)c2ccccc2)cc1.F[B-](F)(F)F.c1ccc([I+]c2ccccc2)cc1. The summed E-state index contributed by atoms with van der Waals surface area (Å²) in [6, 6.07) is 38.8. The van der Waals surface area contributed by atoms with E-state index in [9.17, 15) is 22.1 Å². The van der Waals surface area contributed by atoms with Crippen LogP contribution < -0.4 is 21.2 Å². The predicted molar refractivity (Wildman–Crippen MR) is 156 cm³/mol. The molecule has 0 aromatic heterocycles. The summed E-state index contributed by atoms with van der Waals surface area (Å²) in [7, 11) is -6.00. The molecular weight excluding hydrogens is 803 g/mol. The molecule has 12 heteroatoms. The zero-order chi connectivity index (χ0) is 28.9. The first-order valence-electron chi connectivity index (χ1n) is 11.1. The Morgan fingerprint density at radius 3 is 1.44 bits per heavy atom. The van der Waals surface area contributed by atoms with Gasteiger partial charge in [0.1, 0.15) is 0 Å². The van der Waals surface area contributed by atoms with Crippen LogP contribution in [-0.4, -0.2) is 17.0 Å². The van der Waals surface area contributed by atoms with Crippen LogP contribution in [0.25, 0.3) is 0 Å². The summed E-state index contributed by atoms with van der Waals surface area (Å²) >= 11 is 14.4. The topological polar surface area (TPSA) is 26.3 Å². The monoisotopic (exact) mass is 824 g/mol. The number of alkyl halides is 3. The van der Waals surface area contributed by atoms with Crippen molar-refractivity contribution in [2.75, 3.05) is 0 Å². The maximum Gasteiger partial charge on any atom is 0.673 e. The van der Waals surface area contributed by atoms with E-state index >= 15 is 0 Å². The Hall–Kier alpha value is -1.54. The second-order valence-electron chi connectivity index (χ2n) is 7.38. The van der Waals surface area contributed by atoms with Crippen LogP contribution in [0.3, 0.4) is 0 Å². The van der Waals surface area contributed by atoms with Gasteiger partial charge in [0.2, 0.25) is 0 Å². The minimum atomic E-state index is -6.00.